The minimum atomic E-state index is -2.04. The van der Waals surface area contributed by atoms with E-state index in [1.54, 1.807) is 63.2 Å². The highest BCUT2D eigenvalue weighted by molar-refractivity contribution is 7.80. The number of thiocarbonyl (C=S) groups is 1. The van der Waals surface area contributed by atoms with Crippen LogP contribution < -0.4 is 27.7 Å². The molecule has 1 unspecified atom stereocenters. The lowest BCUT2D eigenvalue weighted by Gasteiger charge is -2.31. The summed E-state index contributed by atoms with van der Waals surface area (Å²) in [4.78, 5) is 60.6. The number of nitrogens with two attached hydrogens (primary N) is 2. The fourth-order valence-electron chi connectivity index (χ4n) is 6.92. The number of ether oxygens (including phenoxy) is 2. The van der Waals surface area contributed by atoms with Gasteiger partial charge in [-0.1, -0.05) is 39.0 Å². The molecule has 15 heteroatoms. The van der Waals surface area contributed by atoms with E-state index in [1.165, 1.54) is 16.7 Å². The summed E-state index contributed by atoms with van der Waals surface area (Å²) >= 11 is 5.63. The van der Waals surface area contributed by atoms with Crippen molar-refractivity contribution in [1.29, 1.82) is 0 Å². The monoisotopic (exact) mass is 756 g/mol. The number of unbranched alkanes of at least 4 members (excludes halogenated alkanes) is 1. The van der Waals surface area contributed by atoms with Gasteiger partial charge in [0.15, 0.2) is 22.6 Å². The number of cyclic esters (lactones) is 1. The Morgan fingerprint density at radius 1 is 1.11 bits per heavy atom. The molecule has 2 aromatic carbocycles. The number of aliphatic hydroxyl groups is 1. The number of phenolic OH excluding ortho intramolecular Hbond substituents is 1. The zero-order chi connectivity index (χ0) is 38.9. The highest BCUT2D eigenvalue weighted by atomic mass is 32.1. The number of hydrogen-bond acceptors (Lipinski definition) is 12. The van der Waals surface area contributed by atoms with E-state index in [0.717, 1.165) is 0 Å². The number of esters is 2. The molecule has 2 aromatic heterocycles. The third-order valence-electron chi connectivity index (χ3n) is 10.1. The average Bonchev–Trinajstić information content (AvgIpc) is 3.53. The number of carbonyl (C=O) groups is 3. The third-order valence-corrected chi connectivity index (χ3v) is 10.3. The van der Waals surface area contributed by atoms with Crippen LogP contribution in [0, 0.1) is 5.92 Å². The summed E-state index contributed by atoms with van der Waals surface area (Å²) < 4.78 is 12.9. The molecule has 0 spiro atoms. The minimum absolute atomic E-state index is 0.0321. The topological polar surface area (TPSA) is 221 Å². The first kappa shape index (κ1) is 38.5. The first-order valence-corrected chi connectivity index (χ1v) is 18.3. The third kappa shape index (κ3) is 7.19. The average molecular weight is 757 g/mol. The minimum Gasteiger partial charge on any atom is -0.508 e. The Hall–Kier alpha value is -5.22. The molecule has 0 saturated carbocycles. The lowest BCUT2D eigenvalue weighted by atomic mass is 9.86. The molecule has 2 aliphatic heterocycles. The Kier molecular flexibility index (Phi) is 11.1. The van der Waals surface area contributed by atoms with Gasteiger partial charge in [0.2, 0.25) is 0 Å². The molecule has 4 atom stereocenters. The van der Waals surface area contributed by atoms with Crippen molar-refractivity contribution in [2.24, 2.45) is 17.4 Å². The number of anilines is 1. The molecule has 8 N–H and O–H groups in total. The zero-order valence-electron chi connectivity index (χ0n) is 30.3. The normalized spacial score (nSPS) is 17.5. The van der Waals surface area contributed by atoms with Crippen LogP contribution in [0.2, 0.25) is 0 Å². The van der Waals surface area contributed by atoms with Gasteiger partial charge in [0.25, 0.3) is 5.56 Å². The molecule has 6 rings (SSSR count). The SMILES string of the molecule is CC[C@@]1(O)C(=O)OCc2c1cc1n(c2=O)Cc2c-1nc1ccccc1c2C(OC(=O)[C@@H](N)C(C)C)C(=O)[C@H](CCCCN)NC(=S)Nc1ccc(O)cc1. The molecule has 0 bridgehead atoms. The van der Waals surface area contributed by atoms with Gasteiger partial charge >= 0.3 is 11.9 Å². The number of Topliss-reactive ketones (excluding diaryl/α,β-unsaturated/α-hetero) is 1. The van der Waals surface area contributed by atoms with Gasteiger partial charge in [-0.2, -0.15) is 0 Å². The summed E-state index contributed by atoms with van der Waals surface area (Å²) in [7, 11) is 0. The maximum absolute atomic E-state index is 15.0. The Labute approximate surface area is 316 Å². The lowest BCUT2D eigenvalue weighted by Crippen LogP contribution is -2.47. The molecule has 0 amide bonds. The number of nitrogens with one attached hydrogen (secondary N) is 2. The summed E-state index contributed by atoms with van der Waals surface area (Å²) in [6.45, 7) is 5.19. The quantitative estimate of drug-likeness (QED) is 0.0439. The van der Waals surface area contributed by atoms with E-state index >= 15 is 4.79 Å². The number of aromatic hydroxyl groups is 1. The highest BCUT2D eigenvalue weighted by Gasteiger charge is 2.46. The molecule has 4 heterocycles. The molecule has 0 saturated heterocycles. The molecule has 284 valence electrons. The summed E-state index contributed by atoms with van der Waals surface area (Å²) in [5, 5.41) is 27.9. The predicted octanol–water partition coefficient (Wildman–Crippen LogP) is 3.41. The summed E-state index contributed by atoms with van der Waals surface area (Å²) in [5.41, 5.74) is 12.3. The van der Waals surface area contributed by atoms with Gasteiger partial charge in [-0.25, -0.2) is 9.78 Å². The second-order valence-corrected chi connectivity index (χ2v) is 14.4. The molecule has 2 aliphatic rings. The van der Waals surface area contributed by atoms with Gasteiger partial charge in [0.05, 0.1) is 35.1 Å². The van der Waals surface area contributed by atoms with Crippen LogP contribution in [0.1, 0.15) is 74.8 Å². The number of para-hydroxylation sites is 1. The number of phenols is 1. The maximum atomic E-state index is 15.0. The number of carbonyl (C=O) groups excluding carboxylic acids is 3. The van der Waals surface area contributed by atoms with Crippen molar-refractivity contribution in [3.8, 4) is 17.1 Å². The van der Waals surface area contributed by atoms with Crippen LogP contribution in [-0.2, 0) is 42.6 Å². The lowest BCUT2D eigenvalue weighted by molar-refractivity contribution is -0.172. The number of aromatic nitrogens is 2. The van der Waals surface area contributed by atoms with E-state index in [9.17, 15) is 24.6 Å². The maximum Gasteiger partial charge on any atom is 0.343 e. The summed E-state index contributed by atoms with van der Waals surface area (Å²) in [5.74, 6) is -2.41. The van der Waals surface area contributed by atoms with Crippen molar-refractivity contribution in [1.82, 2.24) is 14.9 Å². The van der Waals surface area contributed by atoms with Crippen molar-refractivity contribution >= 4 is 51.6 Å². The number of ketones is 1. The van der Waals surface area contributed by atoms with E-state index < -0.39 is 47.1 Å². The Morgan fingerprint density at radius 3 is 2.52 bits per heavy atom. The van der Waals surface area contributed by atoms with Crippen molar-refractivity contribution in [2.45, 2.75) is 83.4 Å². The highest BCUT2D eigenvalue weighted by Crippen LogP contribution is 2.43. The Balaban J connectivity index is 1.51. The Bertz CT molecular complexity index is 2190. The number of hydrogen-bond donors (Lipinski definition) is 6. The zero-order valence-corrected chi connectivity index (χ0v) is 31.1. The van der Waals surface area contributed by atoms with Gasteiger partial charge in [-0.15, -0.1) is 0 Å². The molecular formula is C39H44N6O8S. The number of rotatable bonds is 13. The van der Waals surface area contributed by atoms with Gasteiger partial charge in [-0.05, 0) is 86.8 Å². The van der Waals surface area contributed by atoms with E-state index in [2.05, 4.69) is 10.6 Å². The van der Waals surface area contributed by atoms with Crippen LogP contribution in [-0.4, -0.2) is 61.2 Å². The molecule has 14 nitrogen and oxygen atoms in total. The van der Waals surface area contributed by atoms with E-state index in [-0.39, 0.29) is 53.9 Å². The van der Waals surface area contributed by atoms with Gasteiger partial charge < -0.3 is 46.4 Å². The molecular weight excluding hydrogens is 713 g/mol. The summed E-state index contributed by atoms with van der Waals surface area (Å²) in [6, 6.07) is 12.8. The van der Waals surface area contributed by atoms with Crippen molar-refractivity contribution < 1.29 is 34.1 Å². The summed E-state index contributed by atoms with van der Waals surface area (Å²) in [6.07, 6.45) is -0.141. The van der Waals surface area contributed by atoms with Crippen molar-refractivity contribution in [3.63, 3.8) is 0 Å². The van der Waals surface area contributed by atoms with Gasteiger partial charge in [0, 0.05) is 27.8 Å². The molecule has 4 aromatic rings. The molecule has 0 aliphatic carbocycles. The second-order valence-electron chi connectivity index (χ2n) is 13.9. The first-order valence-electron chi connectivity index (χ1n) is 17.9. The van der Waals surface area contributed by atoms with Gasteiger partial charge in [0.1, 0.15) is 18.4 Å². The second kappa shape index (κ2) is 15.6. The predicted molar refractivity (Wildman–Crippen MR) is 205 cm³/mol. The fourth-order valence-corrected chi connectivity index (χ4v) is 7.18. The van der Waals surface area contributed by atoms with Crippen LogP contribution in [0.5, 0.6) is 5.75 Å². The Morgan fingerprint density at radius 2 is 1.83 bits per heavy atom. The number of benzene rings is 2. The number of pyridine rings is 2. The first-order chi connectivity index (χ1) is 25.8. The van der Waals surface area contributed by atoms with E-state index in [1.807, 2.05) is 0 Å². The molecule has 0 fully saturated rings. The van der Waals surface area contributed by atoms with Crippen LogP contribution in [0.15, 0.2) is 59.4 Å². The number of nitrogens with zero attached hydrogens (tertiary/aromatic N) is 2. The molecule has 54 heavy (non-hydrogen) atoms. The van der Waals surface area contributed by atoms with Crippen LogP contribution in [0.4, 0.5) is 5.69 Å². The van der Waals surface area contributed by atoms with Crippen LogP contribution >= 0.6 is 12.2 Å². The standard InChI is InChI=1S/C39H44N6O8S/c1-4-39(51)26-17-29-32-24(18-45(29)35(48)25(26)19-52-37(39)50)30(23-9-5-6-10-27(23)43-32)34(53-36(49)31(41)20(2)3)33(47)28(11-7-8-16-40)44-38(54)42-21-12-14-22(46)15-13-21/h5-6,9-10,12-15,17,20,28,31,34,46,51H,4,7-8,11,16,18-19,40-41H2,1-3H3,(H2,42,44,54)/t28-,31-,34?,39-/m0/s1. The number of fused-ring (bicyclic) bond motifs is 5. The van der Waals surface area contributed by atoms with Crippen LogP contribution in [0.3, 0.4) is 0 Å². The van der Waals surface area contributed by atoms with E-state index in [0.29, 0.717) is 58.5 Å². The van der Waals surface area contributed by atoms with Crippen molar-refractivity contribution in [3.05, 3.63) is 87.2 Å². The van der Waals surface area contributed by atoms with E-state index in [4.69, 9.17) is 38.1 Å². The van der Waals surface area contributed by atoms with Crippen molar-refractivity contribution in [2.75, 3.05) is 11.9 Å². The smallest absolute Gasteiger partial charge is 0.343 e. The fraction of sp³-hybridized carbons (Fsp3) is 0.385. The molecule has 0 radical (unpaired) electrons. The largest absolute Gasteiger partial charge is 0.508 e. The van der Waals surface area contributed by atoms with Crippen LogP contribution in [0.25, 0.3) is 22.3 Å². The van der Waals surface area contributed by atoms with Gasteiger partial charge in [-0.3, -0.25) is 14.4 Å².